The third kappa shape index (κ3) is 7.67. The van der Waals surface area contributed by atoms with Crippen LogP contribution in [0.4, 0.5) is 13.2 Å². The van der Waals surface area contributed by atoms with Gasteiger partial charge in [-0.2, -0.15) is 13.2 Å². The minimum Gasteiger partial charge on any atom is -0.305 e. The number of hydrogen-bond acceptors (Lipinski definition) is 2. The van der Waals surface area contributed by atoms with Crippen LogP contribution in [0.15, 0.2) is 18.2 Å². The third-order valence-electron chi connectivity index (χ3n) is 4.39. The molecule has 1 aromatic carbocycles. The number of rotatable bonds is 4. The summed E-state index contributed by atoms with van der Waals surface area (Å²) in [6.45, 7) is 14.3. The molecule has 1 heterocycles. The van der Waals surface area contributed by atoms with Crippen molar-refractivity contribution < 1.29 is 13.2 Å². The molecule has 1 saturated heterocycles. The minimum atomic E-state index is -4.28. The molecule has 5 heteroatoms. The number of benzene rings is 1. The van der Waals surface area contributed by atoms with E-state index in [0.29, 0.717) is 12.6 Å². The average molecular weight is 375 g/mol. The van der Waals surface area contributed by atoms with E-state index in [9.17, 15) is 13.2 Å². The Bertz CT molecular complexity index is 510. The van der Waals surface area contributed by atoms with Crippen molar-refractivity contribution in [2.75, 3.05) is 27.2 Å². The van der Waals surface area contributed by atoms with Crippen LogP contribution in [0.25, 0.3) is 0 Å². The zero-order valence-corrected chi connectivity index (χ0v) is 17.7. The molecule has 1 aromatic rings. The molecule has 0 aliphatic carbocycles. The zero-order chi connectivity index (χ0) is 20.5. The monoisotopic (exact) mass is 374 g/mol. The van der Waals surface area contributed by atoms with Crippen LogP contribution >= 0.6 is 0 Å². The molecule has 1 fully saturated rings. The molecule has 1 aliphatic rings. The smallest absolute Gasteiger partial charge is 0.305 e. The summed E-state index contributed by atoms with van der Waals surface area (Å²) in [5.74, 6) is 0.0918. The van der Waals surface area contributed by atoms with Gasteiger partial charge in [0, 0.05) is 25.7 Å². The number of likely N-dealkylation sites (tertiary alicyclic amines) is 1. The first-order valence-electron chi connectivity index (χ1n) is 9.76. The standard InChI is InChI=1S/C17H25F3N2.2C2H6/c1-12(2)14-7-13(8-15(9-14)17(18,19)20)10-22-6-5-16(11-22)21(3)4;2*1-2/h7-9,12,16H,5-6,10-11H2,1-4H3;2*1-2H3. The molecule has 2 rings (SSSR count). The van der Waals surface area contributed by atoms with Crippen LogP contribution in [0.5, 0.6) is 0 Å². The topological polar surface area (TPSA) is 6.48 Å². The maximum atomic E-state index is 13.1. The number of likely N-dealkylation sites (N-methyl/N-ethyl adjacent to an activating group) is 1. The third-order valence-corrected chi connectivity index (χ3v) is 4.39. The van der Waals surface area contributed by atoms with E-state index >= 15 is 0 Å². The van der Waals surface area contributed by atoms with Gasteiger partial charge in [0.15, 0.2) is 0 Å². The van der Waals surface area contributed by atoms with Crippen molar-refractivity contribution >= 4 is 0 Å². The Hall–Kier alpha value is -1.07. The SMILES string of the molecule is CC.CC.CC(C)c1cc(CN2CCC(N(C)C)C2)cc(C(F)(F)F)c1. The molecule has 1 atom stereocenters. The van der Waals surface area contributed by atoms with Gasteiger partial charge >= 0.3 is 6.18 Å². The highest BCUT2D eigenvalue weighted by Gasteiger charge is 2.32. The van der Waals surface area contributed by atoms with Gasteiger partial charge in [-0.25, -0.2) is 0 Å². The molecule has 0 spiro atoms. The Morgan fingerprint density at radius 2 is 1.65 bits per heavy atom. The fourth-order valence-electron chi connectivity index (χ4n) is 2.94. The summed E-state index contributed by atoms with van der Waals surface area (Å²) in [5.41, 5.74) is 0.989. The van der Waals surface area contributed by atoms with Crippen molar-refractivity contribution in [1.82, 2.24) is 9.80 Å². The lowest BCUT2D eigenvalue weighted by Crippen LogP contribution is -2.31. The second-order valence-electron chi connectivity index (χ2n) is 6.76. The second kappa shape index (κ2) is 11.6. The van der Waals surface area contributed by atoms with Crippen molar-refractivity contribution in [2.45, 2.75) is 72.6 Å². The average Bonchev–Trinajstić information content (AvgIpc) is 3.06. The maximum absolute atomic E-state index is 13.1. The number of hydrogen-bond donors (Lipinski definition) is 0. The van der Waals surface area contributed by atoms with E-state index in [1.807, 2.05) is 47.6 Å². The van der Waals surface area contributed by atoms with Crippen LogP contribution in [0, 0.1) is 0 Å². The molecular formula is C21H37F3N2. The van der Waals surface area contributed by atoms with Crippen LogP contribution in [0.2, 0.25) is 0 Å². The summed E-state index contributed by atoms with van der Waals surface area (Å²) in [7, 11) is 4.10. The predicted molar refractivity (Wildman–Crippen MR) is 106 cm³/mol. The molecule has 0 aromatic heterocycles. The molecule has 0 saturated carbocycles. The predicted octanol–water partition coefficient (Wildman–Crippen LogP) is 6.02. The van der Waals surface area contributed by atoms with Crippen molar-refractivity contribution in [1.29, 1.82) is 0 Å². The van der Waals surface area contributed by atoms with Crippen molar-refractivity contribution in [3.05, 3.63) is 34.9 Å². The van der Waals surface area contributed by atoms with E-state index in [-0.39, 0.29) is 5.92 Å². The van der Waals surface area contributed by atoms with E-state index in [1.165, 1.54) is 12.1 Å². The van der Waals surface area contributed by atoms with Crippen LogP contribution in [0.1, 0.15) is 70.6 Å². The quantitative estimate of drug-likeness (QED) is 0.636. The maximum Gasteiger partial charge on any atom is 0.416 e. The van der Waals surface area contributed by atoms with Gasteiger partial charge in [0.05, 0.1) is 5.56 Å². The summed E-state index contributed by atoms with van der Waals surface area (Å²) >= 11 is 0. The molecule has 1 unspecified atom stereocenters. The Kier molecular flexibility index (Phi) is 11.1. The van der Waals surface area contributed by atoms with Crippen LogP contribution in [-0.2, 0) is 12.7 Å². The van der Waals surface area contributed by atoms with Crippen LogP contribution in [-0.4, -0.2) is 43.0 Å². The first-order chi connectivity index (χ1) is 12.2. The van der Waals surface area contributed by atoms with E-state index in [1.54, 1.807) is 0 Å². The minimum absolute atomic E-state index is 0.0918. The van der Waals surface area contributed by atoms with Gasteiger partial charge in [-0.05, 0) is 49.7 Å². The van der Waals surface area contributed by atoms with Gasteiger partial charge in [0.1, 0.15) is 0 Å². The Labute approximate surface area is 158 Å². The van der Waals surface area contributed by atoms with Crippen molar-refractivity contribution in [3.63, 3.8) is 0 Å². The Morgan fingerprint density at radius 3 is 2.08 bits per heavy atom. The van der Waals surface area contributed by atoms with Gasteiger partial charge in [-0.3, -0.25) is 4.90 Å². The Morgan fingerprint density at radius 1 is 1.08 bits per heavy atom. The number of nitrogens with zero attached hydrogens (tertiary/aromatic N) is 2. The van der Waals surface area contributed by atoms with Crippen LogP contribution in [0.3, 0.4) is 0 Å². The molecule has 1 aliphatic heterocycles. The highest BCUT2D eigenvalue weighted by atomic mass is 19.4. The van der Waals surface area contributed by atoms with Crippen LogP contribution < -0.4 is 0 Å². The summed E-state index contributed by atoms with van der Waals surface area (Å²) in [6, 6.07) is 4.99. The molecule has 0 amide bonds. The first-order valence-corrected chi connectivity index (χ1v) is 9.76. The molecular weight excluding hydrogens is 337 g/mol. The summed E-state index contributed by atoms with van der Waals surface area (Å²) < 4.78 is 39.2. The Balaban J connectivity index is 0.00000146. The fraction of sp³-hybridized carbons (Fsp3) is 0.714. The van der Waals surface area contributed by atoms with Crippen molar-refractivity contribution in [3.8, 4) is 0 Å². The highest BCUT2D eigenvalue weighted by molar-refractivity contribution is 5.33. The lowest BCUT2D eigenvalue weighted by atomic mass is 9.97. The lowest BCUT2D eigenvalue weighted by molar-refractivity contribution is -0.137. The van der Waals surface area contributed by atoms with E-state index in [2.05, 4.69) is 23.9 Å². The molecule has 152 valence electrons. The normalized spacial score (nSPS) is 17.7. The highest BCUT2D eigenvalue weighted by Crippen LogP contribution is 2.33. The molecule has 2 nitrogen and oxygen atoms in total. The van der Waals surface area contributed by atoms with Gasteiger partial charge in [0.25, 0.3) is 0 Å². The fourth-order valence-corrected chi connectivity index (χ4v) is 2.94. The van der Waals surface area contributed by atoms with E-state index in [4.69, 9.17) is 0 Å². The number of alkyl halides is 3. The van der Waals surface area contributed by atoms with Gasteiger partial charge in [-0.1, -0.05) is 47.6 Å². The van der Waals surface area contributed by atoms with Gasteiger partial charge < -0.3 is 4.90 Å². The molecule has 26 heavy (non-hydrogen) atoms. The number of halogens is 3. The lowest BCUT2D eigenvalue weighted by Gasteiger charge is -2.21. The van der Waals surface area contributed by atoms with E-state index < -0.39 is 11.7 Å². The summed E-state index contributed by atoms with van der Waals surface area (Å²) in [4.78, 5) is 4.43. The summed E-state index contributed by atoms with van der Waals surface area (Å²) in [5, 5.41) is 0. The largest absolute Gasteiger partial charge is 0.416 e. The zero-order valence-electron chi connectivity index (χ0n) is 17.7. The van der Waals surface area contributed by atoms with Crippen molar-refractivity contribution in [2.24, 2.45) is 0 Å². The van der Waals surface area contributed by atoms with Gasteiger partial charge in [-0.15, -0.1) is 0 Å². The van der Waals surface area contributed by atoms with E-state index in [0.717, 1.165) is 30.6 Å². The molecule has 0 N–H and O–H groups in total. The molecule has 0 radical (unpaired) electrons. The second-order valence-corrected chi connectivity index (χ2v) is 6.76. The summed E-state index contributed by atoms with van der Waals surface area (Å²) in [6.07, 6.45) is -3.21. The van der Waals surface area contributed by atoms with Gasteiger partial charge in [0.2, 0.25) is 0 Å². The first kappa shape index (κ1) is 24.9. The molecule has 0 bridgehead atoms.